The van der Waals surface area contributed by atoms with Gasteiger partial charge in [-0.3, -0.25) is 9.10 Å². The number of benzene rings is 2. The standard InChI is InChI=1S/C22H28N2O5S/c1-14-6-8-19(12-15(14)2)24(30(5,26)27)17(4)22(25)23-16(3)18-7-9-20-21(13-18)29-11-10-28-20/h6-9,12-13,16-17H,10-11H2,1-5H3,(H,23,25)/t16-,17-/m1/s1. The summed E-state index contributed by atoms with van der Waals surface area (Å²) in [5, 5.41) is 2.91. The van der Waals surface area contributed by atoms with E-state index in [0.29, 0.717) is 30.4 Å². The minimum atomic E-state index is -3.67. The van der Waals surface area contributed by atoms with E-state index in [1.54, 1.807) is 19.1 Å². The Bertz CT molecular complexity index is 1050. The van der Waals surface area contributed by atoms with E-state index in [0.717, 1.165) is 27.3 Å². The number of carbonyl (C=O) groups excluding carboxylic acids is 1. The fourth-order valence-corrected chi connectivity index (χ4v) is 4.58. The molecule has 1 aliphatic heterocycles. The first-order chi connectivity index (χ1) is 14.1. The van der Waals surface area contributed by atoms with Gasteiger partial charge in [0.15, 0.2) is 11.5 Å². The fourth-order valence-electron chi connectivity index (χ4n) is 3.42. The van der Waals surface area contributed by atoms with Crippen LogP contribution in [0.25, 0.3) is 0 Å². The average Bonchev–Trinajstić information content (AvgIpc) is 2.69. The Morgan fingerprint density at radius 2 is 1.67 bits per heavy atom. The monoisotopic (exact) mass is 432 g/mol. The normalized spacial score (nSPS) is 15.2. The molecule has 2 atom stereocenters. The predicted molar refractivity (Wildman–Crippen MR) is 117 cm³/mol. The van der Waals surface area contributed by atoms with Gasteiger partial charge in [-0.15, -0.1) is 0 Å². The summed E-state index contributed by atoms with van der Waals surface area (Å²) in [6.07, 6.45) is 1.11. The molecule has 2 aromatic carbocycles. The van der Waals surface area contributed by atoms with E-state index >= 15 is 0 Å². The van der Waals surface area contributed by atoms with Gasteiger partial charge in [-0.25, -0.2) is 8.42 Å². The highest BCUT2D eigenvalue weighted by molar-refractivity contribution is 7.92. The molecule has 1 aliphatic rings. The van der Waals surface area contributed by atoms with Gasteiger partial charge >= 0.3 is 0 Å². The number of nitrogens with zero attached hydrogens (tertiary/aromatic N) is 1. The van der Waals surface area contributed by atoms with E-state index in [4.69, 9.17) is 9.47 Å². The van der Waals surface area contributed by atoms with Crippen LogP contribution in [-0.4, -0.2) is 39.8 Å². The van der Waals surface area contributed by atoms with Crippen molar-refractivity contribution in [3.8, 4) is 11.5 Å². The van der Waals surface area contributed by atoms with Gasteiger partial charge in [0.25, 0.3) is 0 Å². The van der Waals surface area contributed by atoms with E-state index in [1.807, 2.05) is 45.0 Å². The largest absolute Gasteiger partial charge is 0.486 e. The van der Waals surface area contributed by atoms with Crippen molar-refractivity contribution in [3.05, 3.63) is 53.1 Å². The van der Waals surface area contributed by atoms with Crippen molar-refractivity contribution in [1.29, 1.82) is 0 Å². The van der Waals surface area contributed by atoms with Crippen molar-refractivity contribution < 1.29 is 22.7 Å². The van der Waals surface area contributed by atoms with Crippen molar-refractivity contribution in [1.82, 2.24) is 5.32 Å². The summed E-state index contributed by atoms with van der Waals surface area (Å²) in [5.41, 5.74) is 3.32. The Morgan fingerprint density at radius 3 is 2.30 bits per heavy atom. The molecule has 7 nitrogen and oxygen atoms in total. The summed E-state index contributed by atoms with van der Waals surface area (Å²) in [4.78, 5) is 13.0. The first kappa shape index (κ1) is 22.0. The predicted octanol–water partition coefficient (Wildman–Crippen LogP) is 3.11. The molecular weight excluding hydrogens is 404 g/mol. The maximum atomic E-state index is 13.0. The number of sulfonamides is 1. The Balaban J connectivity index is 1.80. The average molecular weight is 433 g/mol. The number of rotatable bonds is 6. The number of carbonyl (C=O) groups is 1. The quantitative estimate of drug-likeness (QED) is 0.758. The van der Waals surface area contributed by atoms with Crippen LogP contribution in [0.1, 0.15) is 36.6 Å². The van der Waals surface area contributed by atoms with Crippen LogP contribution in [0.4, 0.5) is 5.69 Å². The molecule has 1 N–H and O–H groups in total. The van der Waals surface area contributed by atoms with Crippen LogP contribution < -0.4 is 19.1 Å². The van der Waals surface area contributed by atoms with Gasteiger partial charge in [0.05, 0.1) is 18.0 Å². The Labute approximate surface area is 178 Å². The highest BCUT2D eigenvalue weighted by Gasteiger charge is 2.30. The summed E-state index contributed by atoms with van der Waals surface area (Å²) < 4.78 is 37.3. The second kappa shape index (κ2) is 8.55. The Kier molecular flexibility index (Phi) is 6.26. The van der Waals surface area contributed by atoms with Gasteiger partial charge in [0.2, 0.25) is 15.9 Å². The zero-order valence-corrected chi connectivity index (χ0v) is 18.7. The molecule has 2 aromatic rings. The highest BCUT2D eigenvalue weighted by atomic mass is 32.2. The molecule has 1 amide bonds. The Hall–Kier alpha value is -2.74. The van der Waals surface area contributed by atoms with Crippen LogP contribution in [0.5, 0.6) is 11.5 Å². The van der Waals surface area contributed by atoms with Gasteiger partial charge in [-0.1, -0.05) is 12.1 Å². The van der Waals surface area contributed by atoms with Gasteiger partial charge in [0, 0.05) is 0 Å². The molecular formula is C22H28N2O5S. The minimum absolute atomic E-state index is 0.336. The van der Waals surface area contributed by atoms with E-state index in [9.17, 15) is 13.2 Å². The zero-order valence-electron chi connectivity index (χ0n) is 17.9. The molecule has 162 valence electrons. The number of hydrogen-bond acceptors (Lipinski definition) is 5. The lowest BCUT2D eigenvalue weighted by Gasteiger charge is -2.30. The van der Waals surface area contributed by atoms with Crippen LogP contribution >= 0.6 is 0 Å². The number of anilines is 1. The highest BCUT2D eigenvalue weighted by Crippen LogP contribution is 2.32. The third kappa shape index (κ3) is 4.70. The van der Waals surface area contributed by atoms with Gasteiger partial charge < -0.3 is 14.8 Å². The third-order valence-electron chi connectivity index (χ3n) is 5.26. The number of amides is 1. The van der Waals surface area contributed by atoms with Gasteiger partial charge in [0.1, 0.15) is 19.3 Å². The van der Waals surface area contributed by atoms with Crippen molar-refractivity contribution in [3.63, 3.8) is 0 Å². The number of ether oxygens (including phenoxy) is 2. The maximum Gasteiger partial charge on any atom is 0.244 e. The van der Waals surface area contributed by atoms with Crippen LogP contribution in [-0.2, 0) is 14.8 Å². The number of hydrogen-bond donors (Lipinski definition) is 1. The lowest BCUT2D eigenvalue weighted by atomic mass is 10.1. The summed E-state index contributed by atoms with van der Waals surface area (Å²) in [7, 11) is -3.67. The van der Waals surface area contributed by atoms with Crippen molar-refractivity contribution >= 4 is 21.6 Å². The fraction of sp³-hybridized carbons (Fsp3) is 0.409. The summed E-state index contributed by atoms with van der Waals surface area (Å²) in [5.74, 6) is 0.928. The first-order valence-electron chi connectivity index (χ1n) is 9.84. The van der Waals surface area contributed by atoms with Gasteiger partial charge in [-0.05, 0) is 68.7 Å². The minimum Gasteiger partial charge on any atom is -0.486 e. The number of nitrogens with one attached hydrogen (secondary N) is 1. The van der Waals surface area contributed by atoms with E-state index < -0.39 is 16.1 Å². The molecule has 0 saturated carbocycles. The number of aryl methyl sites for hydroxylation is 2. The van der Waals surface area contributed by atoms with Crippen LogP contribution in [0.15, 0.2) is 36.4 Å². The first-order valence-corrected chi connectivity index (χ1v) is 11.7. The molecule has 8 heteroatoms. The summed E-state index contributed by atoms with van der Waals surface area (Å²) in [6.45, 7) is 8.28. The number of fused-ring (bicyclic) bond motifs is 1. The van der Waals surface area contributed by atoms with Crippen LogP contribution in [0, 0.1) is 13.8 Å². The lowest BCUT2D eigenvalue weighted by Crippen LogP contribution is -2.48. The second-order valence-corrected chi connectivity index (χ2v) is 9.50. The molecule has 0 radical (unpaired) electrons. The molecule has 0 aliphatic carbocycles. The van der Waals surface area contributed by atoms with Gasteiger partial charge in [-0.2, -0.15) is 0 Å². The zero-order chi connectivity index (χ0) is 22.1. The molecule has 0 spiro atoms. The maximum absolute atomic E-state index is 13.0. The topological polar surface area (TPSA) is 84.9 Å². The third-order valence-corrected chi connectivity index (χ3v) is 6.50. The van der Waals surface area contributed by atoms with Crippen molar-refractivity contribution in [2.24, 2.45) is 0 Å². The molecule has 0 aromatic heterocycles. The molecule has 0 unspecified atom stereocenters. The van der Waals surface area contributed by atoms with E-state index in [1.165, 1.54) is 0 Å². The smallest absolute Gasteiger partial charge is 0.244 e. The molecule has 30 heavy (non-hydrogen) atoms. The molecule has 0 fully saturated rings. The van der Waals surface area contributed by atoms with Crippen LogP contribution in [0.3, 0.4) is 0 Å². The molecule has 0 bridgehead atoms. The van der Waals surface area contributed by atoms with E-state index in [-0.39, 0.29) is 11.9 Å². The molecule has 1 heterocycles. The van der Waals surface area contributed by atoms with Crippen molar-refractivity contribution in [2.45, 2.75) is 39.8 Å². The SMILES string of the molecule is Cc1ccc(N([C@H](C)C(=O)N[C@H](C)c2ccc3c(c2)OCCO3)S(C)(=O)=O)cc1C. The molecule has 3 rings (SSSR count). The summed E-state index contributed by atoms with van der Waals surface area (Å²) >= 11 is 0. The Morgan fingerprint density at radius 1 is 1.00 bits per heavy atom. The van der Waals surface area contributed by atoms with Crippen molar-refractivity contribution in [2.75, 3.05) is 23.8 Å². The lowest BCUT2D eigenvalue weighted by molar-refractivity contribution is -0.122. The van der Waals surface area contributed by atoms with E-state index in [2.05, 4.69) is 5.32 Å². The summed E-state index contributed by atoms with van der Waals surface area (Å²) in [6, 6.07) is 9.61. The van der Waals surface area contributed by atoms with Crippen LogP contribution in [0.2, 0.25) is 0 Å². The molecule has 0 saturated heterocycles. The second-order valence-electron chi connectivity index (χ2n) is 7.64.